The molecule has 2 aliphatic rings. The minimum absolute atomic E-state index is 0.0791. The molecule has 1 saturated carbocycles. The molecule has 2 amide bonds. The van der Waals surface area contributed by atoms with E-state index >= 15 is 0 Å². The van der Waals surface area contributed by atoms with Crippen LogP contribution in [0, 0.1) is 5.41 Å². The Morgan fingerprint density at radius 3 is 2.26 bits per heavy atom. The quantitative estimate of drug-likeness (QED) is 0.722. The van der Waals surface area contributed by atoms with Crippen molar-refractivity contribution in [3.8, 4) is 0 Å². The molecule has 7 nitrogen and oxygen atoms in total. The second kappa shape index (κ2) is 9.98. The maximum atomic E-state index is 13.2. The predicted octanol–water partition coefficient (Wildman–Crippen LogP) is 2.91. The van der Waals surface area contributed by atoms with Crippen LogP contribution in [0.25, 0.3) is 0 Å². The Morgan fingerprint density at radius 2 is 1.65 bits per heavy atom. The first-order chi connectivity index (χ1) is 14.7. The molecule has 0 atom stereocenters. The van der Waals surface area contributed by atoms with Crippen LogP contribution in [0.1, 0.15) is 85.6 Å². The van der Waals surface area contributed by atoms with E-state index in [9.17, 15) is 14.4 Å². The largest absolute Gasteiger partial charge is 0.351 e. The summed E-state index contributed by atoms with van der Waals surface area (Å²) in [5.74, 6) is -0.629. The van der Waals surface area contributed by atoms with Crippen LogP contribution < -0.4 is 10.7 Å². The van der Waals surface area contributed by atoms with Gasteiger partial charge in [-0.2, -0.15) is 0 Å². The summed E-state index contributed by atoms with van der Waals surface area (Å²) in [4.78, 5) is 43.3. The molecular weight excluding hydrogens is 392 g/mol. The highest BCUT2D eigenvalue weighted by atomic mass is 16.2. The van der Waals surface area contributed by atoms with Gasteiger partial charge in [-0.25, -0.2) is 0 Å². The van der Waals surface area contributed by atoms with Gasteiger partial charge >= 0.3 is 0 Å². The van der Waals surface area contributed by atoms with Crippen molar-refractivity contribution in [1.82, 2.24) is 19.7 Å². The minimum atomic E-state index is -0.451. The Labute approximate surface area is 185 Å². The van der Waals surface area contributed by atoms with Gasteiger partial charge in [0.25, 0.3) is 11.8 Å². The lowest BCUT2D eigenvalue weighted by Crippen LogP contribution is -2.43. The van der Waals surface area contributed by atoms with Crippen molar-refractivity contribution < 1.29 is 9.59 Å². The molecule has 1 aliphatic carbocycles. The Balaban J connectivity index is 1.89. The first-order valence-electron chi connectivity index (χ1n) is 11.7. The second-order valence-corrected chi connectivity index (χ2v) is 10.2. The predicted molar refractivity (Wildman–Crippen MR) is 123 cm³/mol. The highest BCUT2D eigenvalue weighted by molar-refractivity contribution is 5.99. The summed E-state index contributed by atoms with van der Waals surface area (Å²) in [6.45, 7) is 6.79. The van der Waals surface area contributed by atoms with Gasteiger partial charge in [0.15, 0.2) is 0 Å². The van der Waals surface area contributed by atoms with E-state index in [1.807, 2.05) is 18.7 Å². The van der Waals surface area contributed by atoms with E-state index in [4.69, 9.17) is 0 Å². The fraction of sp³-hybridized carbons (Fsp3) is 0.708. The van der Waals surface area contributed by atoms with Crippen LogP contribution in [0.4, 0.5) is 0 Å². The highest BCUT2D eigenvalue weighted by Crippen LogP contribution is 2.29. The highest BCUT2D eigenvalue weighted by Gasteiger charge is 2.27. The summed E-state index contributed by atoms with van der Waals surface area (Å²) in [5.41, 5.74) is -0.373. The van der Waals surface area contributed by atoms with Crippen LogP contribution in [-0.2, 0) is 0 Å². The molecule has 1 N–H and O–H groups in total. The van der Waals surface area contributed by atoms with Crippen molar-refractivity contribution in [3.63, 3.8) is 0 Å². The number of rotatable bonds is 7. The van der Waals surface area contributed by atoms with Crippen molar-refractivity contribution in [2.24, 2.45) is 5.41 Å². The van der Waals surface area contributed by atoms with Crippen molar-refractivity contribution in [2.75, 3.05) is 40.3 Å². The molecule has 0 unspecified atom stereocenters. The van der Waals surface area contributed by atoms with Crippen molar-refractivity contribution in [2.45, 2.75) is 64.8 Å². The average molecular weight is 431 g/mol. The van der Waals surface area contributed by atoms with Crippen LogP contribution in [0.2, 0.25) is 0 Å². The van der Waals surface area contributed by atoms with Gasteiger partial charge in [0.05, 0.1) is 0 Å². The standard InChI is InChI=1S/C24H38N4O3/c1-24(2,17-26(3)4)16-25-22(30)19-14-28(18-10-6-7-11-18)15-20(21(19)29)23(31)27-12-8-5-9-13-27/h14-15,18H,5-13,16-17H2,1-4H3,(H,25,30). The second-order valence-electron chi connectivity index (χ2n) is 10.2. The molecule has 7 heteroatoms. The molecule has 1 aromatic heterocycles. The van der Waals surface area contributed by atoms with E-state index in [1.165, 1.54) is 0 Å². The first kappa shape index (κ1) is 23.5. The molecule has 1 aliphatic heterocycles. The smallest absolute Gasteiger partial charge is 0.259 e. The number of carbonyl (C=O) groups excluding carboxylic acids is 2. The van der Waals surface area contributed by atoms with E-state index in [2.05, 4.69) is 24.1 Å². The van der Waals surface area contributed by atoms with Crippen molar-refractivity contribution >= 4 is 11.8 Å². The first-order valence-corrected chi connectivity index (χ1v) is 11.7. The van der Waals surface area contributed by atoms with Crippen LogP contribution in [-0.4, -0.2) is 66.5 Å². The summed E-state index contributed by atoms with van der Waals surface area (Å²) in [7, 11) is 4.00. The number of pyridine rings is 1. The fourth-order valence-corrected chi connectivity index (χ4v) is 4.92. The number of amides is 2. The van der Waals surface area contributed by atoms with Crippen LogP contribution >= 0.6 is 0 Å². The van der Waals surface area contributed by atoms with Crippen molar-refractivity contribution in [3.05, 3.63) is 33.7 Å². The topological polar surface area (TPSA) is 74.7 Å². The molecule has 1 aromatic rings. The third-order valence-corrected chi connectivity index (χ3v) is 6.38. The molecule has 0 spiro atoms. The lowest BCUT2D eigenvalue weighted by molar-refractivity contribution is 0.0722. The number of nitrogens with zero attached hydrogens (tertiary/aromatic N) is 3. The van der Waals surface area contributed by atoms with Gasteiger partial charge in [-0.15, -0.1) is 0 Å². The molecule has 2 fully saturated rings. The van der Waals surface area contributed by atoms with Crippen molar-refractivity contribution in [1.29, 1.82) is 0 Å². The summed E-state index contributed by atoms with van der Waals surface area (Å²) < 4.78 is 1.95. The fourth-order valence-electron chi connectivity index (χ4n) is 4.92. The molecular formula is C24H38N4O3. The summed E-state index contributed by atoms with van der Waals surface area (Å²) >= 11 is 0. The maximum Gasteiger partial charge on any atom is 0.259 e. The zero-order chi connectivity index (χ0) is 22.6. The number of carbonyl (C=O) groups is 2. The van der Waals surface area contributed by atoms with Gasteiger partial charge in [0.1, 0.15) is 11.1 Å². The van der Waals surface area contributed by atoms with Gasteiger partial charge in [-0.1, -0.05) is 26.7 Å². The molecule has 2 heterocycles. The Hall–Kier alpha value is -2.15. The number of likely N-dealkylation sites (tertiary alicyclic amines) is 1. The molecule has 0 bridgehead atoms. The van der Waals surface area contributed by atoms with Gasteiger partial charge in [-0.3, -0.25) is 14.4 Å². The number of hydrogen-bond donors (Lipinski definition) is 1. The maximum absolute atomic E-state index is 13.2. The lowest BCUT2D eigenvalue weighted by atomic mass is 9.93. The van der Waals surface area contributed by atoms with E-state index in [-0.39, 0.29) is 28.5 Å². The van der Waals surface area contributed by atoms with E-state index in [0.717, 1.165) is 51.5 Å². The van der Waals surface area contributed by atoms with E-state index in [0.29, 0.717) is 19.6 Å². The summed E-state index contributed by atoms with van der Waals surface area (Å²) in [6, 6.07) is 0.241. The Kier molecular flexibility index (Phi) is 7.57. The number of hydrogen-bond acceptors (Lipinski definition) is 4. The van der Waals surface area contributed by atoms with Gasteiger partial charge in [-0.05, 0) is 51.6 Å². The Bertz CT molecular complexity index is 847. The zero-order valence-electron chi connectivity index (χ0n) is 19.6. The number of nitrogens with one attached hydrogen (secondary N) is 1. The van der Waals surface area contributed by atoms with E-state index in [1.54, 1.807) is 17.3 Å². The minimum Gasteiger partial charge on any atom is -0.351 e. The molecule has 172 valence electrons. The number of piperidine rings is 1. The molecule has 0 radical (unpaired) electrons. The van der Waals surface area contributed by atoms with Crippen LogP contribution in [0.5, 0.6) is 0 Å². The molecule has 31 heavy (non-hydrogen) atoms. The Morgan fingerprint density at radius 1 is 1.03 bits per heavy atom. The SMILES string of the molecule is CN(C)CC(C)(C)CNC(=O)c1cn(C2CCCC2)cc(C(=O)N2CCCCC2)c1=O. The molecule has 0 aromatic carbocycles. The average Bonchev–Trinajstić information content (AvgIpc) is 3.26. The van der Waals surface area contributed by atoms with E-state index < -0.39 is 11.3 Å². The van der Waals surface area contributed by atoms with Gasteiger partial charge < -0.3 is 19.7 Å². The monoisotopic (exact) mass is 430 g/mol. The normalized spacial score (nSPS) is 17.9. The number of aromatic nitrogens is 1. The van der Waals surface area contributed by atoms with Gasteiger partial charge in [0, 0.05) is 44.6 Å². The third-order valence-electron chi connectivity index (χ3n) is 6.38. The zero-order valence-corrected chi connectivity index (χ0v) is 19.6. The molecule has 3 rings (SSSR count). The lowest BCUT2D eigenvalue weighted by Gasteiger charge is -2.29. The van der Waals surface area contributed by atoms with Gasteiger partial charge in [0.2, 0.25) is 5.43 Å². The van der Waals surface area contributed by atoms with Crippen LogP contribution in [0.15, 0.2) is 17.2 Å². The van der Waals surface area contributed by atoms with Crippen LogP contribution in [0.3, 0.4) is 0 Å². The summed E-state index contributed by atoms with van der Waals surface area (Å²) in [6.07, 6.45) is 10.7. The molecule has 1 saturated heterocycles. The summed E-state index contributed by atoms with van der Waals surface area (Å²) in [5, 5.41) is 2.95. The third kappa shape index (κ3) is 5.97.